The molecule has 0 bridgehead atoms. The largest absolute Gasteiger partial charge is 0.384 e. The smallest absolute Gasteiger partial charge is 0.142 e. The van der Waals surface area contributed by atoms with Gasteiger partial charge in [0.2, 0.25) is 0 Å². The molecule has 2 aromatic rings. The summed E-state index contributed by atoms with van der Waals surface area (Å²) in [4.78, 5) is 12.9. The van der Waals surface area contributed by atoms with Crippen LogP contribution >= 0.6 is 0 Å². The summed E-state index contributed by atoms with van der Waals surface area (Å²) < 4.78 is 0. The lowest BCUT2D eigenvalue weighted by Gasteiger charge is -2.36. The summed E-state index contributed by atoms with van der Waals surface area (Å²) >= 11 is 0. The van der Waals surface area contributed by atoms with Crippen LogP contribution in [-0.4, -0.2) is 36.1 Å². The highest BCUT2D eigenvalue weighted by molar-refractivity contribution is 5.50. The van der Waals surface area contributed by atoms with Crippen molar-refractivity contribution in [1.29, 1.82) is 5.26 Å². The van der Waals surface area contributed by atoms with Gasteiger partial charge in [-0.2, -0.15) is 5.26 Å². The highest BCUT2D eigenvalue weighted by atomic mass is 15.3. The van der Waals surface area contributed by atoms with Crippen LogP contribution in [0.1, 0.15) is 5.69 Å². The van der Waals surface area contributed by atoms with Gasteiger partial charge in [0.25, 0.3) is 0 Å². The van der Waals surface area contributed by atoms with E-state index in [2.05, 4.69) is 25.8 Å². The summed E-state index contributed by atoms with van der Waals surface area (Å²) in [5, 5.41) is 8.92. The van der Waals surface area contributed by atoms with Crippen molar-refractivity contribution in [3.8, 4) is 6.07 Å². The molecule has 0 atom stereocenters. The van der Waals surface area contributed by atoms with E-state index in [1.807, 2.05) is 24.3 Å². The van der Waals surface area contributed by atoms with E-state index in [1.165, 1.54) is 0 Å². The van der Waals surface area contributed by atoms with Crippen LogP contribution in [0.15, 0.2) is 36.5 Å². The van der Waals surface area contributed by atoms with Crippen molar-refractivity contribution in [2.45, 2.75) is 0 Å². The molecule has 1 saturated heterocycles. The van der Waals surface area contributed by atoms with Gasteiger partial charge in [0, 0.05) is 26.2 Å². The van der Waals surface area contributed by atoms with E-state index in [4.69, 9.17) is 11.0 Å². The van der Waals surface area contributed by atoms with E-state index in [0.717, 1.165) is 37.7 Å². The average Bonchev–Trinajstić information content (AvgIpc) is 2.56. The van der Waals surface area contributed by atoms with Gasteiger partial charge in [-0.15, -0.1) is 0 Å². The molecule has 3 rings (SSSR count). The SMILES string of the molecule is N#Cc1cccc(N2CCN(c3ccc(N)nc3)CC2)n1. The van der Waals surface area contributed by atoms with Crippen LogP contribution in [0.5, 0.6) is 0 Å². The van der Waals surface area contributed by atoms with Crippen molar-refractivity contribution in [3.63, 3.8) is 0 Å². The molecular formula is C15H16N6. The number of anilines is 3. The first-order valence-corrected chi connectivity index (χ1v) is 6.85. The van der Waals surface area contributed by atoms with Crippen molar-refractivity contribution in [2.24, 2.45) is 0 Å². The van der Waals surface area contributed by atoms with Gasteiger partial charge in [-0.1, -0.05) is 6.07 Å². The van der Waals surface area contributed by atoms with Gasteiger partial charge < -0.3 is 15.5 Å². The minimum atomic E-state index is 0.456. The Hall–Kier alpha value is -2.81. The van der Waals surface area contributed by atoms with Gasteiger partial charge in [-0.3, -0.25) is 0 Å². The van der Waals surface area contributed by atoms with Crippen LogP contribution in [0.25, 0.3) is 0 Å². The van der Waals surface area contributed by atoms with Crippen molar-refractivity contribution in [3.05, 3.63) is 42.2 Å². The topological polar surface area (TPSA) is 82.1 Å². The van der Waals surface area contributed by atoms with E-state index in [-0.39, 0.29) is 0 Å². The third-order valence-corrected chi connectivity index (χ3v) is 3.59. The van der Waals surface area contributed by atoms with Crippen molar-refractivity contribution < 1.29 is 0 Å². The minimum absolute atomic E-state index is 0.456. The average molecular weight is 280 g/mol. The molecule has 1 aliphatic heterocycles. The Bertz CT molecular complexity index is 653. The van der Waals surface area contributed by atoms with E-state index < -0.39 is 0 Å². The molecular weight excluding hydrogens is 264 g/mol. The maximum Gasteiger partial charge on any atom is 0.142 e. The minimum Gasteiger partial charge on any atom is -0.384 e. The fourth-order valence-corrected chi connectivity index (χ4v) is 2.44. The van der Waals surface area contributed by atoms with Crippen molar-refractivity contribution in [1.82, 2.24) is 9.97 Å². The second-order valence-electron chi connectivity index (χ2n) is 4.91. The molecule has 2 N–H and O–H groups in total. The van der Waals surface area contributed by atoms with Gasteiger partial charge in [0.15, 0.2) is 0 Å². The molecule has 2 aromatic heterocycles. The lowest BCUT2D eigenvalue weighted by Crippen LogP contribution is -2.46. The zero-order chi connectivity index (χ0) is 14.7. The standard InChI is InChI=1S/C15H16N6/c16-10-12-2-1-3-15(19-12)21-8-6-20(7-9-21)13-4-5-14(17)18-11-13/h1-5,11H,6-9H2,(H2,17,18). The lowest BCUT2D eigenvalue weighted by molar-refractivity contribution is 0.646. The predicted molar refractivity (Wildman–Crippen MR) is 82.0 cm³/mol. The summed E-state index contributed by atoms with van der Waals surface area (Å²) in [6.07, 6.45) is 1.81. The monoisotopic (exact) mass is 280 g/mol. The van der Waals surface area contributed by atoms with Gasteiger partial charge in [0.05, 0.1) is 11.9 Å². The van der Waals surface area contributed by atoms with Gasteiger partial charge >= 0.3 is 0 Å². The van der Waals surface area contributed by atoms with Crippen LogP contribution < -0.4 is 15.5 Å². The molecule has 1 aliphatic rings. The number of aromatic nitrogens is 2. The molecule has 0 spiro atoms. The number of nitrogen functional groups attached to an aromatic ring is 1. The molecule has 0 aliphatic carbocycles. The van der Waals surface area contributed by atoms with E-state index >= 15 is 0 Å². The first-order chi connectivity index (χ1) is 10.3. The Balaban J connectivity index is 1.67. The molecule has 106 valence electrons. The number of nitrogens with two attached hydrogens (primary N) is 1. The maximum atomic E-state index is 8.92. The number of piperazine rings is 1. The summed E-state index contributed by atoms with van der Waals surface area (Å²) in [5.74, 6) is 1.40. The highest BCUT2D eigenvalue weighted by Gasteiger charge is 2.18. The molecule has 3 heterocycles. The molecule has 0 unspecified atom stereocenters. The molecule has 0 radical (unpaired) electrons. The van der Waals surface area contributed by atoms with Crippen LogP contribution in [0.2, 0.25) is 0 Å². The molecule has 0 saturated carbocycles. The fourth-order valence-electron chi connectivity index (χ4n) is 2.44. The van der Waals surface area contributed by atoms with Crippen LogP contribution in [0, 0.1) is 11.3 Å². The summed E-state index contributed by atoms with van der Waals surface area (Å²) in [6.45, 7) is 3.52. The molecule has 0 amide bonds. The quantitative estimate of drug-likeness (QED) is 0.891. The third-order valence-electron chi connectivity index (χ3n) is 3.59. The number of rotatable bonds is 2. The second-order valence-corrected chi connectivity index (χ2v) is 4.91. The third kappa shape index (κ3) is 2.87. The first kappa shape index (κ1) is 13.2. The predicted octanol–water partition coefficient (Wildman–Crippen LogP) is 1.26. The molecule has 0 aromatic carbocycles. The van der Waals surface area contributed by atoms with Gasteiger partial charge in [-0.25, -0.2) is 9.97 Å². The number of pyridine rings is 2. The zero-order valence-electron chi connectivity index (χ0n) is 11.6. The highest BCUT2D eigenvalue weighted by Crippen LogP contribution is 2.19. The second kappa shape index (κ2) is 5.67. The Labute approximate surface area is 123 Å². The van der Waals surface area contributed by atoms with Crippen LogP contribution in [-0.2, 0) is 0 Å². The number of hydrogen-bond donors (Lipinski definition) is 1. The molecule has 6 nitrogen and oxygen atoms in total. The van der Waals surface area contributed by atoms with Gasteiger partial charge in [0.1, 0.15) is 23.4 Å². The van der Waals surface area contributed by atoms with E-state index in [1.54, 1.807) is 12.3 Å². The summed E-state index contributed by atoms with van der Waals surface area (Å²) in [7, 11) is 0. The Kier molecular flexibility index (Phi) is 3.56. The van der Waals surface area contributed by atoms with Crippen molar-refractivity contribution in [2.75, 3.05) is 41.7 Å². The van der Waals surface area contributed by atoms with Crippen LogP contribution in [0.3, 0.4) is 0 Å². The first-order valence-electron chi connectivity index (χ1n) is 6.85. The normalized spacial score (nSPS) is 14.8. The Morgan fingerprint density at radius 2 is 1.81 bits per heavy atom. The Morgan fingerprint density at radius 1 is 1.05 bits per heavy atom. The molecule has 21 heavy (non-hydrogen) atoms. The summed E-state index contributed by atoms with van der Waals surface area (Å²) in [5.41, 5.74) is 7.15. The maximum absolute atomic E-state index is 8.92. The lowest BCUT2D eigenvalue weighted by atomic mass is 10.2. The Morgan fingerprint density at radius 3 is 2.48 bits per heavy atom. The van der Waals surface area contributed by atoms with E-state index in [0.29, 0.717) is 11.5 Å². The number of hydrogen-bond acceptors (Lipinski definition) is 6. The summed E-state index contributed by atoms with van der Waals surface area (Å²) in [6, 6.07) is 11.4. The number of nitrogens with zero attached hydrogens (tertiary/aromatic N) is 5. The van der Waals surface area contributed by atoms with Crippen LogP contribution in [0.4, 0.5) is 17.3 Å². The van der Waals surface area contributed by atoms with Gasteiger partial charge in [-0.05, 0) is 24.3 Å². The number of nitriles is 1. The molecule has 1 fully saturated rings. The fraction of sp³-hybridized carbons (Fsp3) is 0.267. The zero-order valence-corrected chi connectivity index (χ0v) is 11.6. The van der Waals surface area contributed by atoms with E-state index in [9.17, 15) is 0 Å². The van der Waals surface area contributed by atoms with Crippen molar-refractivity contribution >= 4 is 17.3 Å². The molecule has 6 heteroatoms.